The third-order valence-electron chi connectivity index (χ3n) is 7.98. The van der Waals surface area contributed by atoms with Crippen molar-refractivity contribution in [2.24, 2.45) is 0 Å². The van der Waals surface area contributed by atoms with Crippen LogP contribution in [0.1, 0.15) is 68.4 Å². The maximum atomic E-state index is 14.5. The molecule has 0 radical (unpaired) electrons. The largest absolute Gasteiger partial charge is 0.355 e. The lowest BCUT2D eigenvalue weighted by Crippen LogP contribution is -2.73. The molecule has 1 saturated heterocycles. The van der Waals surface area contributed by atoms with E-state index in [2.05, 4.69) is 20.7 Å². The Morgan fingerprint density at radius 1 is 0.976 bits per heavy atom. The molecule has 2 amide bonds. The van der Waals surface area contributed by atoms with Crippen LogP contribution in [0, 0.1) is 23.3 Å². The smallest absolute Gasteiger partial charge is 0.274 e. The Labute approximate surface area is 235 Å². The lowest BCUT2D eigenvalue weighted by molar-refractivity contribution is -0.127. The number of hydrogen-bond donors (Lipinski definition) is 2. The van der Waals surface area contributed by atoms with Gasteiger partial charge >= 0.3 is 0 Å². The van der Waals surface area contributed by atoms with Crippen molar-refractivity contribution < 1.29 is 31.7 Å². The van der Waals surface area contributed by atoms with Crippen molar-refractivity contribution in [3.05, 3.63) is 77.0 Å². The van der Waals surface area contributed by atoms with E-state index in [4.69, 9.17) is 4.52 Å². The van der Waals surface area contributed by atoms with E-state index < -0.39 is 46.2 Å². The molecule has 0 atom stereocenters. The van der Waals surface area contributed by atoms with Crippen LogP contribution in [0.2, 0.25) is 0 Å². The zero-order valence-electron chi connectivity index (χ0n) is 22.9. The average Bonchev–Trinajstić information content (AvgIpc) is 3.37. The highest BCUT2D eigenvalue weighted by atomic mass is 19.1. The molecule has 2 heterocycles. The summed E-state index contributed by atoms with van der Waals surface area (Å²) in [5, 5.41) is 9.53. The number of hydrogen-bond acceptors (Lipinski definition) is 5. The topological polar surface area (TPSA) is 87.5 Å². The monoisotopic (exact) mass is 572 g/mol. The number of carbonyl (C=O) groups is 2. The molecule has 0 bridgehead atoms. The summed E-state index contributed by atoms with van der Waals surface area (Å²) in [6, 6.07) is 7.79. The van der Waals surface area contributed by atoms with Crippen LogP contribution in [0.5, 0.6) is 0 Å². The van der Waals surface area contributed by atoms with E-state index >= 15 is 0 Å². The summed E-state index contributed by atoms with van der Waals surface area (Å²) < 4.78 is 60.6. The third-order valence-corrected chi connectivity index (χ3v) is 7.98. The van der Waals surface area contributed by atoms with Crippen LogP contribution in [0.4, 0.5) is 17.6 Å². The minimum atomic E-state index is -1.15. The predicted octanol–water partition coefficient (Wildman–Crippen LogP) is 5.46. The second-order valence-electron chi connectivity index (χ2n) is 11.6. The first-order valence-electron chi connectivity index (χ1n) is 13.7. The van der Waals surface area contributed by atoms with Gasteiger partial charge in [0.2, 0.25) is 5.91 Å². The van der Waals surface area contributed by atoms with E-state index in [1.807, 2.05) is 0 Å². The van der Waals surface area contributed by atoms with E-state index in [-0.39, 0.29) is 29.0 Å². The van der Waals surface area contributed by atoms with Crippen molar-refractivity contribution in [3.63, 3.8) is 0 Å². The van der Waals surface area contributed by atoms with Crippen LogP contribution in [0.25, 0.3) is 11.3 Å². The lowest BCUT2D eigenvalue weighted by Gasteiger charge is -2.54. The number of carbonyl (C=O) groups excluding carboxylic acids is 2. The molecule has 0 unspecified atom stereocenters. The Morgan fingerprint density at radius 2 is 1.63 bits per heavy atom. The zero-order valence-corrected chi connectivity index (χ0v) is 22.9. The summed E-state index contributed by atoms with van der Waals surface area (Å²) in [6.07, 6.45) is 5.43. The van der Waals surface area contributed by atoms with Crippen LogP contribution in [0.15, 0.2) is 47.0 Å². The molecular weight excluding hydrogens is 540 g/mol. The number of amides is 2. The van der Waals surface area contributed by atoms with Crippen molar-refractivity contribution in [3.8, 4) is 11.3 Å². The Kier molecular flexibility index (Phi) is 7.91. The fourth-order valence-electron chi connectivity index (χ4n) is 5.94. The maximum Gasteiger partial charge on any atom is 0.274 e. The van der Waals surface area contributed by atoms with Crippen LogP contribution >= 0.6 is 0 Å². The number of aromatic nitrogens is 1. The number of nitrogens with one attached hydrogen (secondary N) is 2. The lowest BCUT2D eigenvalue weighted by atomic mass is 9.81. The molecular formula is C30H32F4N4O3. The van der Waals surface area contributed by atoms with Crippen molar-refractivity contribution in [2.45, 2.75) is 69.5 Å². The van der Waals surface area contributed by atoms with Gasteiger partial charge < -0.3 is 15.2 Å². The zero-order chi connectivity index (χ0) is 29.4. The fraction of sp³-hybridized carbons (Fsp3) is 0.433. The Hall–Kier alpha value is -3.73. The molecule has 3 aromatic rings. The second kappa shape index (κ2) is 11.3. The minimum Gasteiger partial charge on any atom is -0.355 e. The molecule has 5 rings (SSSR count). The summed E-state index contributed by atoms with van der Waals surface area (Å²) in [5.41, 5.74) is -2.11. The minimum absolute atomic E-state index is 0.0417. The van der Waals surface area contributed by atoms with Gasteiger partial charge in [-0.15, -0.1) is 0 Å². The van der Waals surface area contributed by atoms with E-state index in [1.54, 1.807) is 13.8 Å². The maximum absolute atomic E-state index is 14.5. The first-order chi connectivity index (χ1) is 19.4. The molecule has 0 spiro atoms. The first-order valence-corrected chi connectivity index (χ1v) is 13.7. The molecule has 218 valence electrons. The van der Waals surface area contributed by atoms with Gasteiger partial charge in [0.25, 0.3) is 5.91 Å². The number of nitrogens with zero attached hydrogens (tertiary/aromatic N) is 2. The summed E-state index contributed by atoms with van der Waals surface area (Å²) in [6.45, 7) is 4.10. The van der Waals surface area contributed by atoms with E-state index in [9.17, 15) is 27.2 Å². The molecule has 1 aliphatic heterocycles. The molecule has 1 saturated carbocycles. The SMILES string of the molecule is CC(C)(NC(=O)CC1(NC(=O)c2cc(-c3ccc(F)cc3F)on2)CN(C2CCCCC2)C1)c1ccc(F)cc1F. The van der Waals surface area contributed by atoms with Gasteiger partial charge in [0.05, 0.1) is 23.1 Å². The summed E-state index contributed by atoms with van der Waals surface area (Å²) >= 11 is 0. The third kappa shape index (κ3) is 6.29. The van der Waals surface area contributed by atoms with Crippen LogP contribution < -0.4 is 10.6 Å². The molecule has 2 aliphatic rings. The molecule has 41 heavy (non-hydrogen) atoms. The molecule has 11 heteroatoms. The number of likely N-dealkylation sites (tertiary alicyclic amines) is 1. The summed E-state index contributed by atoms with van der Waals surface area (Å²) in [5.74, 6) is -4.17. The van der Waals surface area contributed by atoms with Crippen molar-refractivity contribution in [2.75, 3.05) is 13.1 Å². The number of halogens is 4. The molecule has 2 fully saturated rings. The van der Waals surface area contributed by atoms with Gasteiger partial charge in [0.1, 0.15) is 23.3 Å². The highest BCUT2D eigenvalue weighted by Crippen LogP contribution is 2.34. The van der Waals surface area contributed by atoms with E-state index in [0.717, 1.165) is 43.9 Å². The summed E-state index contributed by atoms with van der Waals surface area (Å²) in [7, 11) is 0. The van der Waals surface area contributed by atoms with Crippen molar-refractivity contribution in [1.29, 1.82) is 0 Å². The molecule has 1 aliphatic carbocycles. The van der Waals surface area contributed by atoms with E-state index in [0.29, 0.717) is 25.2 Å². The fourth-order valence-corrected chi connectivity index (χ4v) is 5.94. The quantitative estimate of drug-likeness (QED) is 0.351. The van der Waals surface area contributed by atoms with Gasteiger partial charge in [-0.3, -0.25) is 14.5 Å². The van der Waals surface area contributed by atoms with Crippen molar-refractivity contribution >= 4 is 11.8 Å². The van der Waals surface area contributed by atoms with Gasteiger partial charge in [-0.2, -0.15) is 0 Å². The Balaban J connectivity index is 1.32. The Bertz CT molecular complexity index is 1450. The number of rotatable bonds is 8. The predicted molar refractivity (Wildman–Crippen MR) is 143 cm³/mol. The molecule has 7 nitrogen and oxygen atoms in total. The highest BCUT2D eigenvalue weighted by molar-refractivity contribution is 5.94. The van der Waals surface area contributed by atoms with Gasteiger partial charge in [-0.1, -0.05) is 30.5 Å². The normalized spacial score (nSPS) is 17.6. The van der Waals surface area contributed by atoms with Gasteiger partial charge in [-0.05, 0) is 44.9 Å². The van der Waals surface area contributed by atoms with Crippen LogP contribution in [-0.2, 0) is 10.3 Å². The Morgan fingerprint density at radius 3 is 2.29 bits per heavy atom. The van der Waals surface area contributed by atoms with Crippen LogP contribution in [-0.4, -0.2) is 46.5 Å². The van der Waals surface area contributed by atoms with Gasteiger partial charge in [0, 0.05) is 42.9 Å². The van der Waals surface area contributed by atoms with Gasteiger partial charge in [0.15, 0.2) is 11.5 Å². The van der Waals surface area contributed by atoms with E-state index in [1.165, 1.54) is 24.6 Å². The average molecular weight is 573 g/mol. The standard InChI is InChI=1S/C30H32F4N4O3/c1-29(2,22-11-9-19(32)13-24(22)34)35-27(39)15-30(16-38(17-30)20-6-4-3-5-7-20)36-28(40)25-14-26(41-37-25)21-10-8-18(31)12-23(21)33/h8-14,20H,3-7,15-17H2,1-2H3,(H,35,39)(H,36,40). The summed E-state index contributed by atoms with van der Waals surface area (Å²) in [4.78, 5) is 28.8. The molecule has 2 aromatic carbocycles. The molecule has 1 aromatic heterocycles. The highest BCUT2D eigenvalue weighted by Gasteiger charge is 2.48. The van der Waals surface area contributed by atoms with Crippen molar-refractivity contribution in [1.82, 2.24) is 20.7 Å². The number of benzene rings is 2. The molecule has 2 N–H and O–H groups in total. The van der Waals surface area contributed by atoms with Crippen LogP contribution in [0.3, 0.4) is 0 Å². The van der Waals surface area contributed by atoms with Gasteiger partial charge in [-0.25, -0.2) is 17.6 Å². The first kappa shape index (κ1) is 28.8. The second-order valence-corrected chi connectivity index (χ2v) is 11.6.